The first-order valence-electron chi connectivity index (χ1n) is 11.0. The lowest BCUT2D eigenvalue weighted by atomic mass is 9.89. The number of aryl methyl sites for hydroxylation is 2. The van der Waals surface area contributed by atoms with Crippen molar-refractivity contribution < 1.29 is 22.7 Å². The van der Waals surface area contributed by atoms with Gasteiger partial charge in [-0.3, -0.25) is 9.59 Å². The lowest BCUT2D eigenvalue weighted by molar-refractivity contribution is -0.121. The van der Waals surface area contributed by atoms with Crippen molar-refractivity contribution in [3.8, 4) is 5.75 Å². The number of sulfonamides is 1. The molecule has 1 heterocycles. The Morgan fingerprint density at radius 1 is 0.969 bits per heavy atom. The van der Waals surface area contributed by atoms with Crippen LogP contribution in [0.25, 0.3) is 0 Å². The average molecular weight is 457 g/mol. The zero-order valence-corrected chi connectivity index (χ0v) is 19.2. The summed E-state index contributed by atoms with van der Waals surface area (Å²) >= 11 is 0. The number of hydrogen-bond donors (Lipinski definition) is 1. The van der Waals surface area contributed by atoms with Crippen molar-refractivity contribution in [3.05, 3.63) is 53.1 Å². The molecule has 32 heavy (non-hydrogen) atoms. The van der Waals surface area contributed by atoms with Gasteiger partial charge in [-0.25, -0.2) is 18.0 Å². The van der Waals surface area contributed by atoms with Crippen LogP contribution in [0.15, 0.2) is 41.3 Å². The van der Waals surface area contributed by atoms with Gasteiger partial charge in [0.2, 0.25) is 21.8 Å². The number of fused-ring (bicyclic) bond motifs is 1. The van der Waals surface area contributed by atoms with E-state index in [-0.39, 0.29) is 47.0 Å². The van der Waals surface area contributed by atoms with Gasteiger partial charge in [0.15, 0.2) is 0 Å². The Morgan fingerprint density at radius 2 is 1.66 bits per heavy atom. The first-order chi connectivity index (χ1) is 15.3. The molecule has 1 saturated heterocycles. The molecular formula is C24H28N2O5S. The van der Waals surface area contributed by atoms with E-state index in [0.29, 0.717) is 6.42 Å². The van der Waals surface area contributed by atoms with Crippen LogP contribution in [0, 0.1) is 0 Å². The van der Waals surface area contributed by atoms with Crippen molar-refractivity contribution in [2.75, 3.05) is 12.0 Å². The normalized spacial score (nSPS) is 17.4. The molecule has 2 amide bonds. The summed E-state index contributed by atoms with van der Waals surface area (Å²) in [6.45, 7) is 1.94. The van der Waals surface area contributed by atoms with Gasteiger partial charge in [-0.05, 0) is 67.0 Å². The molecule has 1 unspecified atom stereocenters. The lowest BCUT2D eigenvalue weighted by Gasteiger charge is -2.22. The van der Waals surface area contributed by atoms with E-state index in [1.807, 2.05) is 13.0 Å². The molecule has 0 bridgehead atoms. The molecule has 170 valence electrons. The standard InChI is InChI=1S/C24H28N2O5S/c1-3-20(18-9-8-16-6-4-5-7-17(16)14-18)25-32(29,30)19-10-11-22(31-2)21(15-19)26-23(27)12-13-24(26)28/h8-11,14-15,20,25H,3-7,12-13H2,1-2H3. The third-order valence-corrected chi connectivity index (χ3v) is 7.70. The molecule has 1 N–H and O–H groups in total. The topological polar surface area (TPSA) is 92.8 Å². The molecule has 2 aromatic carbocycles. The largest absolute Gasteiger partial charge is 0.495 e. The molecule has 1 aliphatic carbocycles. The summed E-state index contributed by atoms with van der Waals surface area (Å²) in [7, 11) is -2.49. The van der Waals surface area contributed by atoms with Crippen LogP contribution < -0.4 is 14.4 Å². The van der Waals surface area contributed by atoms with Crippen LogP contribution in [0.3, 0.4) is 0 Å². The number of hydrogen-bond acceptors (Lipinski definition) is 5. The molecule has 1 fully saturated rings. The summed E-state index contributed by atoms with van der Waals surface area (Å²) in [6.07, 6.45) is 5.23. The van der Waals surface area contributed by atoms with Crippen molar-refractivity contribution in [2.24, 2.45) is 0 Å². The Morgan fingerprint density at radius 3 is 2.31 bits per heavy atom. The van der Waals surface area contributed by atoms with Gasteiger partial charge in [0.25, 0.3) is 0 Å². The van der Waals surface area contributed by atoms with E-state index in [2.05, 4.69) is 16.9 Å². The molecule has 2 aromatic rings. The molecule has 4 rings (SSSR count). The minimum absolute atomic E-state index is 0.0165. The van der Waals surface area contributed by atoms with Gasteiger partial charge in [0.05, 0.1) is 17.7 Å². The molecule has 0 aromatic heterocycles. The van der Waals surface area contributed by atoms with Crippen molar-refractivity contribution in [1.29, 1.82) is 0 Å². The highest BCUT2D eigenvalue weighted by atomic mass is 32.2. The molecule has 0 spiro atoms. The third-order valence-electron chi connectivity index (χ3n) is 6.23. The quantitative estimate of drug-likeness (QED) is 0.642. The highest BCUT2D eigenvalue weighted by Gasteiger charge is 2.33. The monoisotopic (exact) mass is 456 g/mol. The summed E-state index contributed by atoms with van der Waals surface area (Å²) in [5, 5.41) is 0. The fourth-order valence-corrected chi connectivity index (χ4v) is 5.80. The summed E-state index contributed by atoms with van der Waals surface area (Å²) in [4.78, 5) is 25.4. The predicted molar refractivity (Wildman–Crippen MR) is 121 cm³/mol. The maximum Gasteiger partial charge on any atom is 0.241 e. The fraction of sp³-hybridized carbons (Fsp3) is 0.417. The van der Waals surface area contributed by atoms with E-state index in [4.69, 9.17) is 4.74 Å². The Labute approximate surface area is 188 Å². The predicted octanol–water partition coefficient (Wildman–Crippen LogP) is 3.66. The molecule has 0 radical (unpaired) electrons. The molecule has 1 atom stereocenters. The van der Waals surface area contributed by atoms with Crippen LogP contribution in [0.2, 0.25) is 0 Å². The SMILES string of the molecule is CCC(NS(=O)(=O)c1ccc(OC)c(N2C(=O)CCC2=O)c1)c1ccc2c(c1)CCCC2. The number of carbonyl (C=O) groups excluding carboxylic acids is 2. The van der Waals surface area contributed by atoms with E-state index in [0.717, 1.165) is 29.7 Å². The number of carbonyl (C=O) groups is 2. The van der Waals surface area contributed by atoms with Crippen molar-refractivity contribution in [2.45, 2.75) is 62.8 Å². The first kappa shape index (κ1) is 22.5. The molecule has 2 aliphatic rings. The van der Waals surface area contributed by atoms with Crippen LogP contribution in [-0.4, -0.2) is 27.3 Å². The Balaban J connectivity index is 1.65. The second kappa shape index (κ2) is 9.03. The smallest absolute Gasteiger partial charge is 0.241 e. The number of benzene rings is 2. The number of imide groups is 1. The van der Waals surface area contributed by atoms with Gasteiger partial charge < -0.3 is 4.74 Å². The van der Waals surface area contributed by atoms with Crippen LogP contribution in [-0.2, 0) is 32.5 Å². The van der Waals surface area contributed by atoms with Crippen LogP contribution in [0.1, 0.15) is 61.8 Å². The second-order valence-corrected chi connectivity index (χ2v) is 9.99. The summed E-state index contributed by atoms with van der Waals surface area (Å²) in [6, 6.07) is 10.1. The van der Waals surface area contributed by atoms with Crippen LogP contribution in [0.5, 0.6) is 5.75 Å². The Bertz CT molecular complexity index is 1140. The van der Waals surface area contributed by atoms with Gasteiger partial charge in [-0.1, -0.05) is 25.1 Å². The van der Waals surface area contributed by atoms with E-state index >= 15 is 0 Å². The zero-order valence-electron chi connectivity index (χ0n) is 18.4. The second-order valence-electron chi connectivity index (χ2n) is 8.27. The number of ether oxygens (including phenoxy) is 1. The lowest BCUT2D eigenvalue weighted by Crippen LogP contribution is -2.31. The zero-order chi connectivity index (χ0) is 22.9. The highest BCUT2D eigenvalue weighted by molar-refractivity contribution is 7.89. The number of nitrogens with zero attached hydrogens (tertiary/aromatic N) is 1. The molecule has 1 aliphatic heterocycles. The third kappa shape index (κ3) is 4.29. The van der Waals surface area contributed by atoms with Gasteiger partial charge in [-0.2, -0.15) is 0 Å². The highest BCUT2D eigenvalue weighted by Crippen LogP contribution is 2.35. The Kier molecular flexibility index (Phi) is 6.35. The van der Waals surface area contributed by atoms with Crippen molar-refractivity contribution >= 4 is 27.5 Å². The molecule has 0 saturated carbocycles. The number of anilines is 1. The number of amides is 2. The number of nitrogens with one attached hydrogen (secondary N) is 1. The maximum absolute atomic E-state index is 13.3. The van der Waals surface area contributed by atoms with E-state index in [1.54, 1.807) is 0 Å². The number of rotatable bonds is 7. The summed E-state index contributed by atoms with van der Waals surface area (Å²) in [5.41, 5.74) is 3.74. The first-order valence-corrected chi connectivity index (χ1v) is 12.5. The average Bonchev–Trinajstić information content (AvgIpc) is 3.14. The molecular weight excluding hydrogens is 428 g/mol. The molecule has 8 heteroatoms. The van der Waals surface area contributed by atoms with Crippen molar-refractivity contribution in [3.63, 3.8) is 0 Å². The van der Waals surface area contributed by atoms with Gasteiger partial charge >= 0.3 is 0 Å². The number of methoxy groups -OCH3 is 1. The van der Waals surface area contributed by atoms with Crippen LogP contribution >= 0.6 is 0 Å². The van der Waals surface area contributed by atoms with Crippen molar-refractivity contribution in [1.82, 2.24) is 4.72 Å². The minimum Gasteiger partial charge on any atom is -0.495 e. The fourth-order valence-electron chi connectivity index (χ4n) is 4.47. The maximum atomic E-state index is 13.3. The van der Waals surface area contributed by atoms with Crippen LogP contribution in [0.4, 0.5) is 5.69 Å². The Hall–Kier alpha value is -2.71. The summed E-state index contributed by atoms with van der Waals surface area (Å²) < 4.78 is 34.6. The van der Waals surface area contributed by atoms with E-state index in [9.17, 15) is 18.0 Å². The van der Waals surface area contributed by atoms with E-state index < -0.39 is 10.0 Å². The summed E-state index contributed by atoms with van der Waals surface area (Å²) in [5.74, 6) is -0.457. The van der Waals surface area contributed by atoms with Gasteiger partial charge in [0, 0.05) is 18.9 Å². The minimum atomic E-state index is -3.91. The molecule has 7 nitrogen and oxygen atoms in total. The van der Waals surface area contributed by atoms with E-state index in [1.165, 1.54) is 42.9 Å². The van der Waals surface area contributed by atoms with Gasteiger partial charge in [0.1, 0.15) is 5.75 Å². The van der Waals surface area contributed by atoms with Gasteiger partial charge in [-0.15, -0.1) is 0 Å².